The second-order valence-corrected chi connectivity index (χ2v) is 7.01. The molecule has 0 unspecified atom stereocenters. The number of nitro benzene ring substituents is 1. The molecule has 2 N–H and O–H groups in total. The van der Waals surface area contributed by atoms with Gasteiger partial charge in [0.25, 0.3) is 5.69 Å². The van der Waals surface area contributed by atoms with Crippen LogP contribution in [0.4, 0.5) is 5.69 Å². The Morgan fingerprint density at radius 1 is 1.27 bits per heavy atom. The van der Waals surface area contributed by atoms with Gasteiger partial charge < -0.3 is 9.84 Å². The fourth-order valence-electron chi connectivity index (χ4n) is 2.27. The third-order valence-electron chi connectivity index (χ3n) is 3.53. The molecule has 0 aliphatic rings. The predicted octanol–water partition coefficient (Wildman–Crippen LogP) is 2.10. The number of aliphatic carboxylic acids is 1. The highest BCUT2D eigenvalue weighted by Crippen LogP contribution is 2.24. The first kappa shape index (κ1) is 19.3. The molecule has 0 amide bonds. The summed E-state index contributed by atoms with van der Waals surface area (Å²) in [5.74, 6) is -0.788. The van der Waals surface area contributed by atoms with Crippen LogP contribution >= 0.6 is 0 Å². The number of nitrogens with one attached hydrogen (secondary N) is 1. The number of benzene rings is 2. The van der Waals surface area contributed by atoms with Gasteiger partial charge in [0.05, 0.1) is 29.4 Å². The van der Waals surface area contributed by atoms with Crippen LogP contribution < -0.4 is 9.46 Å². The topological polar surface area (TPSA) is 136 Å². The first-order chi connectivity index (χ1) is 12.2. The van der Waals surface area contributed by atoms with E-state index in [0.29, 0.717) is 5.75 Å². The zero-order valence-electron chi connectivity index (χ0n) is 13.7. The number of nitrogens with zero attached hydrogens (tertiary/aromatic N) is 1. The van der Waals surface area contributed by atoms with Crippen LogP contribution in [0.25, 0.3) is 0 Å². The molecule has 0 aliphatic carbocycles. The minimum absolute atomic E-state index is 0.0841. The standard InChI is InChI=1S/C16H16N2O7S/c1-25-13-5-7-14(8-6-13)26(23,24)17-15(10-16(19)20)11-3-2-4-12(9-11)18(21)22/h2-9,15,17H,10H2,1H3,(H,19,20)/t15-/m1/s1. The van der Waals surface area contributed by atoms with E-state index in [1.54, 1.807) is 0 Å². The van der Waals surface area contributed by atoms with Crippen molar-refractivity contribution in [2.24, 2.45) is 0 Å². The van der Waals surface area contributed by atoms with Crippen molar-refractivity contribution in [2.45, 2.75) is 17.4 Å². The van der Waals surface area contributed by atoms with Gasteiger partial charge in [-0.1, -0.05) is 12.1 Å². The van der Waals surface area contributed by atoms with Gasteiger partial charge in [0.15, 0.2) is 0 Å². The Morgan fingerprint density at radius 3 is 2.46 bits per heavy atom. The summed E-state index contributed by atoms with van der Waals surface area (Å²) in [7, 11) is -2.61. The molecule has 0 bridgehead atoms. The first-order valence-electron chi connectivity index (χ1n) is 7.35. The molecule has 0 heterocycles. The lowest BCUT2D eigenvalue weighted by Gasteiger charge is -2.17. The Kier molecular flexibility index (Phi) is 5.90. The molecular weight excluding hydrogens is 364 g/mol. The number of carboxylic acids is 1. The number of methoxy groups -OCH3 is 1. The van der Waals surface area contributed by atoms with E-state index in [-0.39, 0.29) is 16.1 Å². The number of hydrogen-bond acceptors (Lipinski definition) is 6. The van der Waals surface area contributed by atoms with Gasteiger partial charge in [-0.3, -0.25) is 14.9 Å². The number of carbonyl (C=O) groups is 1. The number of non-ortho nitro benzene ring substituents is 1. The molecule has 0 aliphatic heterocycles. The van der Waals surface area contributed by atoms with E-state index >= 15 is 0 Å². The molecule has 2 rings (SSSR count). The summed E-state index contributed by atoms with van der Waals surface area (Å²) in [5.41, 5.74) is -0.0831. The molecular formula is C16H16N2O7S. The molecule has 1 atom stereocenters. The van der Waals surface area contributed by atoms with Crippen LogP contribution in [0.3, 0.4) is 0 Å². The molecule has 0 fully saturated rings. The van der Waals surface area contributed by atoms with E-state index in [0.717, 1.165) is 6.07 Å². The van der Waals surface area contributed by atoms with Gasteiger partial charge in [0.1, 0.15) is 5.75 Å². The summed E-state index contributed by atoms with van der Waals surface area (Å²) < 4.78 is 32.3. The molecule has 138 valence electrons. The summed E-state index contributed by atoms with van der Waals surface area (Å²) in [6.07, 6.45) is -0.573. The molecule has 0 spiro atoms. The van der Waals surface area contributed by atoms with E-state index in [9.17, 15) is 23.3 Å². The average molecular weight is 380 g/mol. The van der Waals surface area contributed by atoms with Crippen molar-refractivity contribution in [1.29, 1.82) is 0 Å². The fourth-order valence-corrected chi connectivity index (χ4v) is 3.49. The van der Waals surface area contributed by atoms with Gasteiger partial charge in [-0.15, -0.1) is 0 Å². The molecule has 26 heavy (non-hydrogen) atoms. The zero-order chi connectivity index (χ0) is 19.3. The SMILES string of the molecule is COc1ccc(S(=O)(=O)N[C@H](CC(=O)O)c2cccc([N+](=O)[O-])c2)cc1. The van der Waals surface area contributed by atoms with Crippen LogP contribution in [-0.4, -0.2) is 31.5 Å². The van der Waals surface area contributed by atoms with Crippen molar-refractivity contribution in [3.05, 3.63) is 64.2 Å². The van der Waals surface area contributed by atoms with E-state index in [1.165, 1.54) is 49.6 Å². The van der Waals surface area contributed by atoms with E-state index in [1.807, 2.05) is 0 Å². The molecule has 0 saturated carbocycles. The first-order valence-corrected chi connectivity index (χ1v) is 8.84. The molecule has 9 nitrogen and oxygen atoms in total. The van der Waals surface area contributed by atoms with Gasteiger partial charge >= 0.3 is 5.97 Å². The Bertz CT molecular complexity index is 910. The van der Waals surface area contributed by atoms with Crippen molar-refractivity contribution in [3.63, 3.8) is 0 Å². The Hall–Kier alpha value is -2.98. The van der Waals surface area contributed by atoms with Gasteiger partial charge in [-0.25, -0.2) is 13.1 Å². The van der Waals surface area contributed by atoms with Crippen molar-refractivity contribution >= 4 is 21.7 Å². The van der Waals surface area contributed by atoms with Crippen LogP contribution in [-0.2, 0) is 14.8 Å². The second kappa shape index (κ2) is 7.93. The number of carboxylic acid groups (broad SMARTS) is 1. The lowest BCUT2D eigenvalue weighted by Crippen LogP contribution is -2.30. The minimum atomic E-state index is -4.05. The van der Waals surface area contributed by atoms with Crippen LogP contribution in [0.15, 0.2) is 53.4 Å². The Morgan fingerprint density at radius 2 is 1.92 bits per heavy atom. The van der Waals surface area contributed by atoms with Crippen molar-refractivity contribution in [1.82, 2.24) is 4.72 Å². The summed E-state index contributed by atoms with van der Waals surface area (Å²) in [6.45, 7) is 0. The second-order valence-electron chi connectivity index (χ2n) is 5.30. The van der Waals surface area contributed by atoms with E-state index in [2.05, 4.69) is 4.72 Å². The lowest BCUT2D eigenvalue weighted by atomic mass is 10.0. The summed E-state index contributed by atoms with van der Waals surface area (Å²) >= 11 is 0. The quantitative estimate of drug-likeness (QED) is 0.528. The van der Waals surface area contributed by atoms with Gasteiger partial charge in [-0.2, -0.15) is 0 Å². The highest BCUT2D eigenvalue weighted by molar-refractivity contribution is 7.89. The third-order valence-corrected chi connectivity index (χ3v) is 5.02. The molecule has 2 aromatic rings. The maximum atomic E-state index is 12.5. The third kappa shape index (κ3) is 4.77. The highest BCUT2D eigenvalue weighted by Gasteiger charge is 2.25. The summed E-state index contributed by atoms with van der Waals surface area (Å²) in [4.78, 5) is 21.3. The molecule has 0 radical (unpaired) electrons. The Labute approximate surface area is 149 Å². The smallest absolute Gasteiger partial charge is 0.305 e. The Balaban J connectivity index is 2.36. The van der Waals surface area contributed by atoms with Crippen molar-refractivity contribution < 1.29 is 28.0 Å². The van der Waals surface area contributed by atoms with E-state index < -0.39 is 33.4 Å². The zero-order valence-corrected chi connectivity index (χ0v) is 14.5. The molecule has 2 aromatic carbocycles. The fraction of sp³-hybridized carbons (Fsp3) is 0.188. The van der Waals surface area contributed by atoms with Crippen LogP contribution in [0.5, 0.6) is 5.75 Å². The number of sulfonamides is 1. The molecule has 0 saturated heterocycles. The van der Waals surface area contributed by atoms with Crippen molar-refractivity contribution in [2.75, 3.05) is 7.11 Å². The number of nitro groups is 1. The minimum Gasteiger partial charge on any atom is -0.497 e. The van der Waals surface area contributed by atoms with Crippen LogP contribution in [0.2, 0.25) is 0 Å². The van der Waals surface area contributed by atoms with E-state index in [4.69, 9.17) is 9.84 Å². The average Bonchev–Trinajstić information content (AvgIpc) is 2.60. The largest absolute Gasteiger partial charge is 0.497 e. The molecule has 10 heteroatoms. The maximum absolute atomic E-state index is 12.5. The monoisotopic (exact) mass is 380 g/mol. The number of hydrogen-bond donors (Lipinski definition) is 2. The summed E-state index contributed by atoms with van der Waals surface area (Å²) in [6, 6.07) is 9.53. The van der Waals surface area contributed by atoms with Crippen molar-refractivity contribution in [3.8, 4) is 5.75 Å². The number of ether oxygens (including phenoxy) is 1. The van der Waals surface area contributed by atoms with Gasteiger partial charge in [0.2, 0.25) is 10.0 Å². The lowest BCUT2D eigenvalue weighted by molar-refractivity contribution is -0.384. The van der Waals surface area contributed by atoms with Crippen LogP contribution in [0.1, 0.15) is 18.0 Å². The maximum Gasteiger partial charge on any atom is 0.305 e. The van der Waals surface area contributed by atoms with Gasteiger partial charge in [0, 0.05) is 12.1 Å². The predicted molar refractivity (Wildman–Crippen MR) is 91.4 cm³/mol. The summed E-state index contributed by atoms with van der Waals surface area (Å²) in [5, 5.41) is 20.0. The highest BCUT2D eigenvalue weighted by atomic mass is 32.2. The van der Waals surface area contributed by atoms with Crippen LogP contribution in [0, 0.1) is 10.1 Å². The normalized spacial score (nSPS) is 12.3. The van der Waals surface area contributed by atoms with Gasteiger partial charge in [-0.05, 0) is 29.8 Å². The molecule has 0 aromatic heterocycles. The number of rotatable bonds is 8.